The van der Waals surface area contributed by atoms with Gasteiger partial charge in [0, 0.05) is 17.6 Å². The maximum Gasteiger partial charge on any atom is 0.119 e. The molecule has 0 bridgehead atoms. The average molecular weight is 304 g/mol. The standard InChI is InChI=1S/C12H18BrNO3/c13-11-1-3-12(4-2-11)17-9-6-14-5-8-16-10-7-15/h1-4,14-15H,5-10H2. The zero-order chi connectivity index (χ0) is 12.3. The number of nitrogens with one attached hydrogen (secondary N) is 1. The molecule has 0 spiro atoms. The molecule has 0 fully saturated rings. The van der Waals surface area contributed by atoms with Crippen LogP contribution < -0.4 is 10.1 Å². The van der Waals surface area contributed by atoms with Gasteiger partial charge in [0.1, 0.15) is 12.4 Å². The Balaban J connectivity index is 1.95. The molecule has 0 radical (unpaired) electrons. The summed E-state index contributed by atoms with van der Waals surface area (Å²) >= 11 is 3.37. The fourth-order valence-electron chi connectivity index (χ4n) is 1.21. The molecule has 0 saturated carbocycles. The van der Waals surface area contributed by atoms with Gasteiger partial charge in [-0.2, -0.15) is 0 Å². The smallest absolute Gasteiger partial charge is 0.119 e. The van der Waals surface area contributed by atoms with Crippen molar-refractivity contribution in [2.45, 2.75) is 0 Å². The van der Waals surface area contributed by atoms with Crippen molar-refractivity contribution in [2.75, 3.05) is 39.5 Å². The highest BCUT2D eigenvalue weighted by atomic mass is 79.9. The molecule has 0 unspecified atom stereocenters. The van der Waals surface area contributed by atoms with Crippen molar-refractivity contribution in [1.29, 1.82) is 0 Å². The lowest BCUT2D eigenvalue weighted by molar-refractivity contribution is 0.0935. The fourth-order valence-corrected chi connectivity index (χ4v) is 1.47. The first kappa shape index (κ1) is 14.4. The number of hydrogen-bond acceptors (Lipinski definition) is 4. The highest BCUT2D eigenvalue weighted by molar-refractivity contribution is 9.10. The summed E-state index contributed by atoms with van der Waals surface area (Å²) < 4.78 is 11.7. The third kappa shape index (κ3) is 7.33. The van der Waals surface area contributed by atoms with E-state index in [1.165, 1.54) is 0 Å². The van der Waals surface area contributed by atoms with Crippen LogP contribution in [0.25, 0.3) is 0 Å². The van der Waals surface area contributed by atoms with E-state index in [0.717, 1.165) is 23.3 Å². The van der Waals surface area contributed by atoms with Crippen molar-refractivity contribution in [3.63, 3.8) is 0 Å². The predicted octanol–water partition coefficient (Wildman–Crippen LogP) is 1.43. The van der Waals surface area contributed by atoms with Gasteiger partial charge in [-0.15, -0.1) is 0 Å². The van der Waals surface area contributed by atoms with Crippen molar-refractivity contribution < 1.29 is 14.6 Å². The van der Waals surface area contributed by atoms with Crippen LogP contribution in [-0.2, 0) is 4.74 Å². The summed E-state index contributed by atoms with van der Waals surface area (Å²) in [5, 5.41) is 11.7. The van der Waals surface area contributed by atoms with Crippen LogP contribution in [0.5, 0.6) is 5.75 Å². The highest BCUT2D eigenvalue weighted by Crippen LogP contribution is 2.15. The Hall–Kier alpha value is -0.620. The number of aliphatic hydroxyl groups excluding tert-OH is 1. The minimum atomic E-state index is 0.0761. The third-order valence-corrected chi connectivity index (χ3v) is 2.55. The SMILES string of the molecule is OCCOCCNCCOc1ccc(Br)cc1. The van der Waals surface area contributed by atoms with Crippen molar-refractivity contribution in [2.24, 2.45) is 0 Å². The van der Waals surface area contributed by atoms with E-state index in [1.54, 1.807) is 0 Å². The Morgan fingerprint density at radius 3 is 2.47 bits per heavy atom. The number of hydrogen-bond donors (Lipinski definition) is 2. The van der Waals surface area contributed by atoms with E-state index in [0.29, 0.717) is 19.8 Å². The molecule has 1 aromatic carbocycles. The molecule has 5 heteroatoms. The molecule has 1 aromatic rings. The molecule has 17 heavy (non-hydrogen) atoms. The van der Waals surface area contributed by atoms with Crippen molar-refractivity contribution in [3.8, 4) is 5.75 Å². The molecule has 0 atom stereocenters. The van der Waals surface area contributed by atoms with Crippen LogP contribution >= 0.6 is 15.9 Å². The second-order valence-electron chi connectivity index (χ2n) is 3.39. The van der Waals surface area contributed by atoms with Gasteiger partial charge in [0.05, 0.1) is 19.8 Å². The van der Waals surface area contributed by atoms with E-state index in [1.807, 2.05) is 24.3 Å². The molecule has 2 N–H and O–H groups in total. The number of aliphatic hydroxyl groups is 1. The van der Waals surface area contributed by atoms with Gasteiger partial charge >= 0.3 is 0 Å². The lowest BCUT2D eigenvalue weighted by atomic mass is 10.3. The van der Waals surface area contributed by atoms with E-state index < -0.39 is 0 Å². The molecule has 0 aliphatic heterocycles. The van der Waals surface area contributed by atoms with E-state index in [-0.39, 0.29) is 6.61 Å². The fraction of sp³-hybridized carbons (Fsp3) is 0.500. The zero-order valence-electron chi connectivity index (χ0n) is 9.69. The molecule has 0 heterocycles. The quantitative estimate of drug-likeness (QED) is 0.678. The van der Waals surface area contributed by atoms with E-state index >= 15 is 0 Å². The summed E-state index contributed by atoms with van der Waals surface area (Å²) in [4.78, 5) is 0. The van der Waals surface area contributed by atoms with Gasteiger partial charge in [0.15, 0.2) is 0 Å². The van der Waals surface area contributed by atoms with Gasteiger partial charge in [-0.1, -0.05) is 15.9 Å². The Kier molecular flexibility index (Phi) is 8.00. The number of rotatable bonds is 9. The summed E-state index contributed by atoms with van der Waals surface area (Å²) in [6, 6.07) is 7.75. The third-order valence-electron chi connectivity index (χ3n) is 2.02. The van der Waals surface area contributed by atoms with Crippen LogP contribution in [-0.4, -0.2) is 44.6 Å². The van der Waals surface area contributed by atoms with Crippen LogP contribution in [0, 0.1) is 0 Å². The molecule has 0 saturated heterocycles. The van der Waals surface area contributed by atoms with Gasteiger partial charge < -0.3 is 19.9 Å². The van der Waals surface area contributed by atoms with Crippen molar-refractivity contribution >= 4 is 15.9 Å². The van der Waals surface area contributed by atoms with Crippen LogP contribution in [0.3, 0.4) is 0 Å². The number of benzene rings is 1. The summed E-state index contributed by atoms with van der Waals surface area (Å²) in [6.45, 7) is 3.26. The molecule has 0 aliphatic carbocycles. The lowest BCUT2D eigenvalue weighted by Crippen LogP contribution is -2.25. The molecular formula is C12H18BrNO3. The first-order chi connectivity index (χ1) is 8.33. The molecule has 0 aromatic heterocycles. The van der Waals surface area contributed by atoms with Crippen molar-refractivity contribution in [3.05, 3.63) is 28.7 Å². The van der Waals surface area contributed by atoms with Crippen LogP contribution in [0.15, 0.2) is 28.7 Å². The maximum absolute atomic E-state index is 8.48. The molecule has 0 aliphatic rings. The van der Waals surface area contributed by atoms with E-state index in [4.69, 9.17) is 14.6 Å². The minimum absolute atomic E-state index is 0.0761. The lowest BCUT2D eigenvalue weighted by Gasteiger charge is -2.07. The second kappa shape index (κ2) is 9.41. The van der Waals surface area contributed by atoms with Gasteiger partial charge in [0.2, 0.25) is 0 Å². The van der Waals surface area contributed by atoms with E-state index in [2.05, 4.69) is 21.2 Å². The monoisotopic (exact) mass is 303 g/mol. The Morgan fingerprint density at radius 1 is 1.06 bits per heavy atom. The predicted molar refractivity (Wildman–Crippen MR) is 70.4 cm³/mol. The summed E-state index contributed by atoms with van der Waals surface area (Å²) in [7, 11) is 0. The van der Waals surface area contributed by atoms with E-state index in [9.17, 15) is 0 Å². The first-order valence-electron chi connectivity index (χ1n) is 5.60. The van der Waals surface area contributed by atoms with Gasteiger partial charge in [-0.05, 0) is 24.3 Å². The van der Waals surface area contributed by atoms with Crippen LogP contribution in [0.2, 0.25) is 0 Å². The second-order valence-corrected chi connectivity index (χ2v) is 4.30. The summed E-state index contributed by atoms with van der Waals surface area (Å²) in [5.74, 6) is 0.867. The zero-order valence-corrected chi connectivity index (χ0v) is 11.3. The number of halogens is 1. The maximum atomic E-state index is 8.48. The molecular weight excluding hydrogens is 286 g/mol. The Morgan fingerprint density at radius 2 is 1.76 bits per heavy atom. The first-order valence-corrected chi connectivity index (χ1v) is 6.40. The average Bonchev–Trinajstić information content (AvgIpc) is 2.35. The summed E-state index contributed by atoms with van der Waals surface area (Å²) in [5.41, 5.74) is 0. The normalized spacial score (nSPS) is 10.5. The topological polar surface area (TPSA) is 50.7 Å². The van der Waals surface area contributed by atoms with Crippen LogP contribution in [0.4, 0.5) is 0 Å². The minimum Gasteiger partial charge on any atom is -0.492 e. The summed E-state index contributed by atoms with van der Waals surface area (Å²) in [6.07, 6.45) is 0. The molecule has 4 nitrogen and oxygen atoms in total. The van der Waals surface area contributed by atoms with Crippen LogP contribution in [0.1, 0.15) is 0 Å². The molecule has 1 rings (SSSR count). The largest absolute Gasteiger partial charge is 0.492 e. The van der Waals surface area contributed by atoms with Gasteiger partial charge in [-0.25, -0.2) is 0 Å². The molecule has 96 valence electrons. The number of ether oxygens (including phenoxy) is 2. The van der Waals surface area contributed by atoms with Crippen molar-refractivity contribution in [1.82, 2.24) is 5.32 Å². The highest BCUT2D eigenvalue weighted by Gasteiger charge is 1.93. The van der Waals surface area contributed by atoms with Gasteiger partial charge in [0.25, 0.3) is 0 Å². The van der Waals surface area contributed by atoms with Gasteiger partial charge in [-0.3, -0.25) is 0 Å². The molecule has 0 amide bonds. The Bertz CT molecular complexity index is 292. The Labute approximate surface area is 110 Å².